The highest BCUT2D eigenvalue weighted by Gasteiger charge is 2.46. The maximum absolute atomic E-state index is 15.2. The first kappa shape index (κ1) is 26.6. The lowest BCUT2D eigenvalue weighted by atomic mass is 9.85. The van der Waals surface area contributed by atoms with E-state index < -0.39 is 35.0 Å². The molecular weight excluding hydrogens is 492 g/mol. The number of nitriles is 1. The van der Waals surface area contributed by atoms with Crippen LogP contribution in [0.2, 0.25) is 0 Å². The normalized spacial score (nSPS) is 21.5. The molecular formula is C25H28F4N6O2. The molecule has 12 heteroatoms. The molecule has 3 atom stereocenters. The second-order valence-corrected chi connectivity index (χ2v) is 10.2. The van der Waals surface area contributed by atoms with Gasteiger partial charge >= 0.3 is 6.18 Å². The third-order valence-electron chi connectivity index (χ3n) is 6.35. The highest BCUT2D eigenvalue weighted by atomic mass is 19.4. The Kier molecular flexibility index (Phi) is 7.05. The molecule has 1 aromatic carbocycles. The van der Waals surface area contributed by atoms with Crippen LogP contribution in [0, 0.1) is 11.3 Å². The SMILES string of the molecule is CC(C)(C)NC(c1ccc(Nc2nn(C3(CC#N)CCOCC3F)c3cc[nH]c(=O)c23)cc1)C(F)(F)F. The number of pyridine rings is 1. The van der Waals surface area contributed by atoms with Crippen molar-refractivity contribution >= 4 is 22.4 Å². The van der Waals surface area contributed by atoms with Crippen LogP contribution in [0.3, 0.4) is 0 Å². The predicted molar refractivity (Wildman–Crippen MR) is 130 cm³/mol. The van der Waals surface area contributed by atoms with Crippen LogP contribution in [0.1, 0.15) is 45.2 Å². The second-order valence-electron chi connectivity index (χ2n) is 10.2. The van der Waals surface area contributed by atoms with Gasteiger partial charge in [0.25, 0.3) is 5.56 Å². The fraction of sp³-hybridized carbons (Fsp3) is 0.480. The molecule has 198 valence electrons. The number of H-pyrrole nitrogens is 1. The number of hydrogen-bond donors (Lipinski definition) is 3. The molecule has 1 fully saturated rings. The summed E-state index contributed by atoms with van der Waals surface area (Å²) < 4.78 is 63.0. The average molecular weight is 521 g/mol. The van der Waals surface area contributed by atoms with Gasteiger partial charge in [0, 0.05) is 24.0 Å². The minimum Gasteiger partial charge on any atom is -0.378 e. The summed E-state index contributed by atoms with van der Waals surface area (Å²) in [6.07, 6.45) is -4.64. The molecule has 0 bridgehead atoms. The molecule has 37 heavy (non-hydrogen) atoms. The monoisotopic (exact) mass is 520 g/mol. The summed E-state index contributed by atoms with van der Waals surface area (Å²) >= 11 is 0. The van der Waals surface area contributed by atoms with Crippen LogP contribution in [0.15, 0.2) is 41.3 Å². The number of ether oxygens (including phenoxy) is 1. The van der Waals surface area contributed by atoms with Crippen LogP contribution in [0.25, 0.3) is 10.9 Å². The van der Waals surface area contributed by atoms with E-state index in [1.54, 1.807) is 26.8 Å². The van der Waals surface area contributed by atoms with Crippen molar-refractivity contribution in [2.24, 2.45) is 0 Å². The summed E-state index contributed by atoms with van der Waals surface area (Å²) in [7, 11) is 0. The Hall–Kier alpha value is -3.43. The number of halogens is 4. The lowest BCUT2D eigenvalue weighted by Gasteiger charge is -2.38. The molecule has 1 saturated heterocycles. The van der Waals surface area contributed by atoms with Crippen LogP contribution >= 0.6 is 0 Å². The van der Waals surface area contributed by atoms with Gasteiger partial charge in [-0.15, -0.1) is 0 Å². The zero-order valence-corrected chi connectivity index (χ0v) is 20.6. The number of anilines is 2. The second kappa shape index (κ2) is 9.79. The summed E-state index contributed by atoms with van der Waals surface area (Å²) in [5.41, 5.74) is -1.86. The smallest absolute Gasteiger partial charge is 0.378 e. The molecule has 1 aliphatic rings. The number of nitrogens with one attached hydrogen (secondary N) is 3. The lowest BCUT2D eigenvalue weighted by molar-refractivity contribution is -0.161. The van der Waals surface area contributed by atoms with Gasteiger partial charge in [0.15, 0.2) is 5.82 Å². The van der Waals surface area contributed by atoms with Gasteiger partial charge in [-0.05, 0) is 51.0 Å². The molecule has 0 spiro atoms. The zero-order valence-electron chi connectivity index (χ0n) is 20.6. The summed E-state index contributed by atoms with van der Waals surface area (Å²) in [5.74, 6) is 0.0980. The number of nitrogens with zero attached hydrogens (tertiary/aromatic N) is 3. The first-order valence-electron chi connectivity index (χ1n) is 11.8. The van der Waals surface area contributed by atoms with Gasteiger partial charge in [0.1, 0.15) is 23.1 Å². The average Bonchev–Trinajstić information content (AvgIpc) is 3.19. The van der Waals surface area contributed by atoms with Crippen LogP contribution < -0.4 is 16.2 Å². The van der Waals surface area contributed by atoms with Gasteiger partial charge in [-0.3, -0.25) is 14.8 Å². The molecule has 0 radical (unpaired) electrons. The quantitative estimate of drug-likeness (QED) is 0.402. The first-order valence-corrected chi connectivity index (χ1v) is 11.8. The van der Waals surface area contributed by atoms with E-state index in [0.29, 0.717) is 11.2 Å². The van der Waals surface area contributed by atoms with Crippen molar-refractivity contribution in [2.75, 3.05) is 18.5 Å². The highest BCUT2D eigenvalue weighted by Crippen LogP contribution is 2.39. The molecule has 4 rings (SSSR count). The number of aromatic amines is 1. The molecule has 2 aromatic heterocycles. The Balaban J connectivity index is 1.73. The third-order valence-corrected chi connectivity index (χ3v) is 6.35. The molecule has 3 heterocycles. The van der Waals surface area contributed by atoms with E-state index in [1.807, 2.05) is 6.07 Å². The van der Waals surface area contributed by atoms with Crippen molar-refractivity contribution < 1.29 is 22.3 Å². The minimum absolute atomic E-state index is 0.0247. The Morgan fingerprint density at radius 1 is 1.27 bits per heavy atom. The summed E-state index contributed by atoms with van der Waals surface area (Å²) in [6, 6.07) is 7.33. The van der Waals surface area contributed by atoms with E-state index in [-0.39, 0.29) is 42.8 Å². The largest absolute Gasteiger partial charge is 0.407 e. The van der Waals surface area contributed by atoms with Crippen LogP contribution in [-0.2, 0) is 10.3 Å². The van der Waals surface area contributed by atoms with Gasteiger partial charge < -0.3 is 15.0 Å². The molecule has 1 aliphatic heterocycles. The molecule has 3 aromatic rings. The van der Waals surface area contributed by atoms with Gasteiger partial charge in [0.2, 0.25) is 0 Å². The van der Waals surface area contributed by atoms with E-state index >= 15 is 4.39 Å². The Labute approximate surface area is 210 Å². The molecule has 0 saturated carbocycles. The van der Waals surface area contributed by atoms with Crippen LogP contribution in [-0.4, -0.2) is 45.9 Å². The summed E-state index contributed by atoms with van der Waals surface area (Å²) in [5, 5.41) is 19.7. The fourth-order valence-corrected chi connectivity index (χ4v) is 4.58. The minimum atomic E-state index is -4.51. The summed E-state index contributed by atoms with van der Waals surface area (Å²) in [6.45, 7) is 4.97. The highest BCUT2D eigenvalue weighted by molar-refractivity contribution is 5.91. The van der Waals surface area contributed by atoms with Gasteiger partial charge in [-0.25, -0.2) is 4.39 Å². The predicted octanol–water partition coefficient (Wildman–Crippen LogP) is 4.83. The number of hydrogen-bond acceptors (Lipinski definition) is 6. The Morgan fingerprint density at radius 3 is 2.57 bits per heavy atom. The zero-order chi connectivity index (χ0) is 27.0. The number of rotatable bonds is 6. The van der Waals surface area contributed by atoms with Crippen molar-refractivity contribution in [1.82, 2.24) is 20.1 Å². The molecule has 8 nitrogen and oxygen atoms in total. The standard InChI is InChI=1S/C25H28F4N6O2/c1-23(2,3)33-20(25(27,28)29)15-4-6-16(7-5-15)32-21-19-17(8-12-31-22(19)36)35(34-21)24(9-11-30)10-13-37-14-18(24)26/h4-8,12,18,20,33H,9-10,13-14H2,1-3H3,(H,31,36)(H,32,34). The van der Waals surface area contributed by atoms with E-state index in [0.717, 1.165) is 0 Å². The van der Waals surface area contributed by atoms with Crippen LogP contribution in [0.5, 0.6) is 0 Å². The molecule has 0 aliphatic carbocycles. The first-order chi connectivity index (χ1) is 17.4. The third kappa shape index (κ3) is 5.33. The van der Waals surface area contributed by atoms with Crippen LogP contribution in [0.4, 0.5) is 29.1 Å². The topological polar surface area (TPSA) is 108 Å². The lowest BCUT2D eigenvalue weighted by Crippen LogP contribution is -2.49. The van der Waals surface area contributed by atoms with Crippen molar-refractivity contribution in [3.8, 4) is 6.07 Å². The van der Waals surface area contributed by atoms with Gasteiger partial charge in [-0.2, -0.15) is 23.5 Å². The number of aromatic nitrogens is 3. The molecule has 3 unspecified atom stereocenters. The van der Waals surface area contributed by atoms with Crippen molar-refractivity contribution in [3.63, 3.8) is 0 Å². The molecule has 0 amide bonds. The van der Waals surface area contributed by atoms with E-state index in [4.69, 9.17) is 4.74 Å². The summed E-state index contributed by atoms with van der Waals surface area (Å²) in [4.78, 5) is 15.3. The van der Waals surface area contributed by atoms with Crippen molar-refractivity contribution in [2.45, 2.75) is 63.1 Å². The Morgan fingerprint density at radius 2 is 1.97 bits per heavy atom. The number of benzene rings is 1. The van der Waals surface area contributed by atoms with E-state index in [1.165, 1.54) is 35.1 Å². The van der Waals surface area contributed by atoms with Crippen molar-refractivity contribution in [1.29, 1.82) is 5.26 Å². The number of alkyl halides is 4. The molecule has 3 N–H and O–H groups in total. The van der Waals surface area contributed by atoms with E-state index in [2.05, 4.69) is 20.7 Å². The maximum Gasteiger partial charge on any atom is 0.407 e. The van der Waals surface area contributed by atoms with Gasteiger partial charge in [0.05, 0.1) is 24.6 Å². The fourth-order valence-electron chi connectivity index (χ4n) is 4.58. The Bertz CT molecular complexity index is 1350. The van der Waals surface area contributed by atoms with Crippen molar-refractivity contribution in [3.05, 3.63) is 52.4 Å². The van der Waals surface area contributed by atoms with E-state index in [9.17, 15) is 23.2 Å². The maximum atomic E-state index is 15.2. The number of fused-ring (bicyclic) bond motifs is 1. The van der Waals surface area contributed by atoms with Gasteiger partial charge in [-0.1, -0.05) is 12.1 Å².